The molecule has 0 unspecified atom stereocenters. The maximum Gasteiger partial charge on any atom is 0.260 e. The molecule has 0 atom stereocenters. The van der Waals surface area contributed by atoms with Crippen LogP contribution in [0.25, 0.3) is 0 Å². The number of amides is 1. The van der Waals surface area contributed by atoms with Gasteiger partial charge in [0.1, 0.15) is 22.5 Å². The molecule has 1 aromatic carbocycles. The lowest BCUT2D eigenvalue weighted by Crippen LogP contribution is -2.49. The zero-order valence-electron chi connectivity index (χ0n) is 14.0. The largest absolute Gasteiger partial charge is 0.484 e. The summed E-state index contributed by atoms with van der Waals surface area (Å²) in [7, 11) is 1.89. The average molecular weight is 367 g/mol. The fourth-order valence-corrected chi connectivity index (χ4v) is 2.84. The van der Waals surface area contributed by atoms with Gasteiger partial charge < -0.3 is 14.2 Å². The summed E-state index contributed by atoms with van der Waals surface area (Å²) in [5.74, 6) is 0.997. The molecule has 2 aromatic rings. The Hall–Kier alpha value is -2.12. The molecule has 1 saturated heterocycles. The Balaban J connectivity index is 1.44. The molecule has 6 nitrogen and oxygen atoms in total. The van der Waals surface area contributed by atoms with Crippen LogP contribution < -0.4 is 4.74 Å². The molecule has 25 heavy (non-hydrogen) atoms. The lowest BCUT2D eigenvalue weighted by molar-refractivity contribution is -0.135. The summed E-state index contributed by atoms with van der Waals surface area (Å²) in [6, 6.07) is 5.64. The number of halogens is 2. The summed E-state index contributed by atoms with van der Waals surface area (Å²) in [4.78, 5) is 20.6. The summed E-state index contributed by atoms with van der Waals surface area (Å²) in [6.07, 6.45) is 1.64. The summed E-state index contributed by atoms with van der Waals surface area (Å²) >= 11 is 6.00. The Labute approximate surface area is 150 Å². The van der Waals surface area contributed by atoms with Crippen molar-refractivity contribution in [2.24, 2.45) is 7.05 Å². The van der Waals surface area contributed by atoms with Gasteiger partial charge in [-0.1, -0.05) is 11.6 Å². The second-order valence-corrected chi connectivity index (χ2v) is 6.34. The van der Waals surface area contributed by atoms with Crippen molar-refractivity contribution in [2.75, 3.05) is 32.8 Å². The maximum atomic E-state index is 12.8. The molecule has 3 rings (SSSR count). The molecule has 0 spiro atoms. The smallest absolute Gasteiger partial charge is 0.260 e. The fraction of sp³-hybridized carbons (Fsp3) is 0.412. The molecule has 2 heterocycles. The number of carbonyl (C=O) groups excluding carboxylic acids is 1. The number of hydrogen-bond donors (Lipinski definition) is 0. The lowest BCUT2D eigenvalue weighted by atomic mass is 10.3. The summed E-state index contributed by atoms with van der Waals surface area (Å²) in [6.45, 7) is 3.49. The van der Waals surface area contributed by atoms with Crippen LogP contribution in [-0.4, -0.2) is 58.0 Å². The number of rotatable bonds is 5. The van der Waals surface area contributed by atoms with E-state index in [-0.39, 0.29) is 18.3 Å². The Bertz CT molecular complexity index is 727. The quantitative estimate of drug-likeness (QED) is 0.811. The van der Waals surface area contributed by atoms with Gasteiger partial charge in [-0.2, -0.15) is 0 Å². The van der Waals surface area contributed by atoms with E-state index in [4.69, 9.17) is 16.3 Å². The van der Waals surface area contributed by atoms with E-state index in [2.05, 4.69) is 9.88 Å². The number of carbonyl (C=O) groups is 1. The van der Waals surface area contributed by atoms with Gasteiger partial charge in [0.15, 0.2) is 6.61 Å². The lowest BCUT2D eigenvalue weighted by Gasteiger charge is -2.34. The van der Waals surface area contributed by atoms with Gasteiger partial charge in [0.05, 0.1) is 12.7 Å². The van der Waals surface area contributed by atoms with Crippen LogP contribution in [0.4, 0.5) is 4.39 Å². The van der Waals surface area contributed by atoms with Crippen LogP contribution in [-0.2, 0) is 18.4 Å². The Morgan fingerprint density at radius 1 is 1.24 bits per heavy atom. The van der Waals surface area contributed by atoms with Crippen LogP contribution in [0.3, 0.4) is 0 Å². The van der Waals surface area contributed by atoms with Crippen molar-refractivity contribution in [1.29, 1.82) is 0 Å². The highest BCUT2D eigenvalue weighted by Crippen LogP contribution is 2.14. The predicted octanol–water partition coefficient (Wildman–Crippen LogP) is 1.94. The number of hydrogen-bond acceptors (Lipinski definition) is 4. The van der Waals surface area contributed by atoms with Gasteiger partial charge in [-0.25, -0.2) is 9.37 Å². The van der Waals surface area contributed by atoms with E-state index in [0.29, 0.717) is 30.5 Å². The number of aromatic nitrogens is 2. The van der Waals surface area contributed by atoms with Crippen molar-refractivity contribution >= 4 is 17.5 Å². The maximum absolute atomic E-state index is 12.8. The molecule has 0 saturated carbocycles. The van der Waals surface area contributed by atoms with E-state index in [1.165, 1.54) is 24.3 Å². The van der Waals surface area contributed by atoms with Crippen LogP contribution in [0.5, 0.6) is 5.75 Å². The fourth-order valence-electron chi connectivity index (χ4n) is 2.69. The van der Waals surface area contributed by atoms with Crippen molar-refractivity contribution < 1.29 is 13.9 Å². The molecule has 1 aliphatic heterocycles. The summed E-state index contributed by atoms with van der Waals surface area (Å²) < 4.78 is 20.1. The second-order valence-electron chi connectivity index (χ2n) is 5.96. The molecule has 1 aliphatic rings. The first-order valence-corrected chi connectivity index (χ1v) is 8.45. The second kappa shape index (κ2) is 7.84. The molecular weight excluding hydrogens is 347 g/mol. The minimum absolute atomic E-state index is 0.0411. The first-order chi connectivity index (χ1) is 12.0. The van der Waals surface area contributed by atoms with Crippen molar-refractivity contribution in [3.05, 3.63) is 47.3 Å². The van der Waals surface area contributed by atoms with Crippen LogP contribution in [0, 0.1) is 5.82 Å². The monoisotopic (exact) mass is 366 g/mol. The van der Waals surface area contributed by atoms with Gasteiger partial charge in [-0.3, -0.25) is 9.69 Å². The van der Waals surface area contributed by atoms with Gasteiger partial charge in [0.2, 0.25) is 0 Å². The Kier molecular flexibility index (Phi) is 5.55. The van der Waals surface area contributed by atoms with Crippen molar-refractivity contribution in [1.82, 2.24) is 19.4 Å². The Morgan fingerprint density at radius 2 is 1.92 bits per heavy atom. The van der Waals surface area contributed by atoms with Gasteiger partial charge in [0.25, 0.3) is 5.91 Å². The van der Waals surface area contributed by atoms with Crippen LogP contribution in [0.1, 0.15) is 5.82 Å². The van der Waals surface area contributed by atoms with E-state index in [1.54, 1.807) is 11.1 Å². The molecule has 1 amide bonds. The number of piperazine rings is 1. The SMILES string of the molecule is Cn1c(Cl)cnc1CN1CCN(C(=O)COc2ccc(F)cc2)CC1. The highest BCUT2D eigenvalue weighted by atomic mass is 35.5. The Morgan fingerprint density at radius 3 is 2.52 bits per heavy atom. The number of imidazole rings is 1. The minimum atomic E-state index is -0.330. The van der Waals surface area contributed by atoms with Crippen LogP contribution >= 0.6 is 11.6 Å². The van der Waals surface area contributed by atoms with Crippen molar-refractivity contribution in [3.8, 4) is 5.75 Å². The van der Waals surface area contributed by atoms with Gasteiger partial charge in [-0.15, -0.1) is 0 Å². The van der Waals surface area contributed by atoms with Gasteiger partial charge >= 0.3 is 0 Å². The third kappa shape index (κ3) is 4.49. The zero-order chi connectivity index (χ0) is 17.8. The summed E-state index contributed by atoms with van der Waals surface area (Å²) in [5.41, 5.74) is 0. The molecule has 0 aliphatic carbocycles. The highest BCUT2D eigenvalue weighted by molar-refractivity contribution is 6.29. The topological polar surface area (TPSA) is 50.6 Å². The highest BCUT2D eigenvalue weighted by Gasteiger charge is 2.22. The van der Waals surface area contributed by atoms with Crippen molar-refractivity contribution in [3.63, 3.8) is 0 Å². The summed E-state index contributed by atoms with van der Waals surface area (Å²) in [5, 5.41) is 0.613. The molecule has 134 valence electrons. The molecular formula is C17H20ClFN4O2. The standard InChI is InChI=1S/C17H20ClFN4O2/c1-21-15(18)10-20-16(21)11-22-6-8-23(9-7-22)17(24)12-25-14-4-2-13(19)3-5-14/h2-5,10H,6-9,11-12H2,1H3. The zero-order valence-corrected chi connectivity index (χ0v) is 14.7. The minimum Gasteiger partial charge on any atom is -0.484 e. The molecule has 1 aromatic heterocycles. The number of nitrogens with zero attached hydrogens (tertiary/aromatic N) is 4. The van der Waals surface area contributed by atoms with Gasteiger partial charge in [0, 0.05) is 33.2 Å². The van der Waals surface area contributed by atoms with E-state index in [1.807, 2.05) is 11.6 Å². The number of benzene rings is 1. The van der Waals surface area contributed by atoms with E-state index in [9.17, 15) is 9.18 Å². The first kappa shape index (κ1) is 17.7. The van der Waals surface area contributed by atoms with Crippen molar-refractivity contribution in [2.45, 2.75) is 6.54 Å². The number of ether oxygens (including phenoxy) is 1. The molecule has 0 bridgehead atoms. The normalized spacial score (nSPS) is 15.4. The van der Waals surface area contributed by atoms with Crippen LogP contribution in [0.2, 0.25) is 5.15 Å². The van der Waals surface area contributed by atoms with Gasteiger partial charge in [-0.05, 0) is 24.3 Å². The van der Waals surface area contributed by atoms with E-state index in [0.717, 1.165) is 18.9 Å². The van der Waals surface area contributed by atoms with E-state index < -0.39 is 0 Å². The van der Waals surface area contributed by atoms with Crippen LogP contribution in [0.15, 0.2) is 30.5 Å². The molecule has 8 heteroatoms. The predicted molar refractivity (Wildman–Crippen MR) is 92.0 cm³/mol. The van der Waals surface area contributed by atoms with E-state index >= 15 is 0 Å². The third-order valence-corrected chi connectivity index (χ3v) is 4.64. The molecule has 1 fully saturated rings. The third-order valence-electron chi connectivity index (χ3n) is 4.29. The first-order valence-electron chi connectivity index (χ1n) is 8.07. The molecule has 0 radical (unpaired) electrons. The molecule has 0 N–H and O–H groups in total. The average Bonchev–Trinajstić information content (AvgIpc) is 2.94.